The van der Waals surface area contributed by atoms with Crippen LogP contribution in [0.5, 0.6) is 0 Å². The van der Waals surface area contributed by atoms with Crippen LogP contribution in [0.15, 0.2) is 26.7 Å². The summed E-state index contributed by atoms with van der Waals surface area (Å²) >= 11 is 1.39. The number of hydrogen-bond acceptors (Lipinski definition) is 8. The molecule has 2 aromatic heterocycles. The molecule has 1 saturated heterocycles. The third-order valence-electron chi connectivity index (χ3n) is 3.03. The number of carbonyl (C=O) groups excluding carboxylic acids is 2. The molecule has 0 N–H and O–H groups in total. The summed E-state index contributed by atoms with van der Waals surface area (Å²) in [5.74, 6) is -1.55. The number of thiophene rings is 1. The van der Waals surface area contributed by atoms with Crippen LogP contribution in [0.4, 0.5) is 0 Å². The summed E-state index contributed by atoms with van der Waals surface area (Å²) in [5, 5.41) is 5.86. The number of rotatable bonds is 5. The van der Waals surface area contributed by atoms with Crippen LogP contribution in [-0.4, -0.2) is 34.4 Å². The van der Waals surface area contributed by atoms with E-state index in [9.17, 15) is 14.4 Å². The fourth-order valence-corrected chi connectivity index (χ4v) is 2.59. The first kappa shape index (κ1) is 14.5. The van der Waals surface area contributed by atoms with E-state index in [4.69, 9.17) is 13.9 Å². The minimum Gasteiger partial charge on any atom is -0.463 e. The lowest BCUT2D eigenvalue weighted by Crippen LogP contribution is -2.24. The highest BCUT2D eigenvalue weighted by atomic mass is 32.1. The zero-order valence-electron chi connectivity index (χ0n) is 11.4. The van der Waals surface area contributed by atoms with Gasteiger partial charge in [0.1, 0.15) is 0 Å². The summed E-state index contributed by atoms with van der Waals surface area (Å²) in [6.45, 7) is 0.276. The first-order valence-electron chi connectivity index (χ1n) is 6.61. The standard InChI is InChI=1S/C13H12N2O6S/c16-10(20-8-4-6-19-12(8)17)3-5-15-13(18)21-11(14-15)9-2-1-7-22-9/h1-2,7-8H,3-6H2/t8-/m1/s1. The molecular formula is C13H12N2O6S. The van der Waals surface area contributed by atoms with Gasteiger partial charge in [-0.1, -0.05) is 6.07 Å². The second-order valence-corrected chi connectivity index (χ2v) is 5.51. The van der Waals surface area contributed by atoms with Crippen molar-refractivity contribution in [2.75, 3.05) is 6.61 Å². The molecule has 116 valence electrons. The highest BCUT2D eigenvalue weighted by molar-refractivity contribution is 7.13. The van der Waals surface area contributed by atoms with Gasteiger partial charge < -0.3 is 13.9 Å². The molecule has 0 unspecified atom stereocenters. The van der Waals surface area contributed by atoms with Crippen LogP contribution in [0.1, 0.15) is 12.8 Å². The first-order chi connectivity index (χ1) is 10.6. The van der Waals surface area contributed by atoms with Crippen molar-refractivity contribution in [3.05, 3.63) is 28.1 Å². The van der Waals surface area contributed by atoms with E-state index in [0.29, 0.717) is 6.42 Å². The fourth-order valence-electron chi connectivity index (χ4n) is 1.95. The van der Waals surface area contributed by atoms with Crippen LogP contribution < -0.4 is 5.76 Å². The third kappa shape index (κ3) is 3.08. The molecule has 0 aromatic carbocycles. The zero-order chi connectivity index (χ0) is 15.5. The van der Waals surface area contributed by atoms with Gasteiger partial charge in [0.05, 0.1) is 24.4 Å². The zero-order valence-corrected chi connectivity index (χ0v) is 12.2. The Morgan fingerprint density at radius 1 is 1.50 bits per heavy atom. The predicted molar refractivity (Wildman–Crippen MR) is 74.1 cm³/mol. The van der Waals surface area contributed by atoms with Crippen LogP contribution in [0.3, 0.4) is 0 Å². The molecule has 8 nitrogen and oxygen atoms in total. The Labute approximate surface area is 128 Å². The molecule has 3 heterocycles. The number of esters is 2. The second-order valence-electron chi connectivity index (χ2n) is 4.56. The van der Waals surface area contributed by atoms with Crippen LogP contribution in [0.25, 0.3) is 10.8 Å². The minimum atomic E-state index is -0.844. The number of cyclic esters (lactones) is 1. The Balaban J connectivity index is 1.58. The normalized spacial score (nSPS) is 17.5. The molecule has 0 saturated carbocycles. The molecule has 1 fully saturated rings. The minimum absolute atomic E-state index is 0.0221. The van der Waals surface area contributed by atoms with Gasteiger partial charge in [-0.05, 0) is 11.4 Å². The summed E-state index contributed by atoms with van der Waals surface area (Å²) < 4.78 is 15.8. The summed E-state index contributed by atoms with van der Waals surface area (Å²) in [6, 6.07) is 3.59. The van der Waals surface area contributed by atoms with Crippen LogP contribution >= 0.6 is 11.3 Å². The van der Waals surface area contributed by atoms with Crippen molar-refractivity contribution >= 4 is 23.3 Å². The van der Waals surface area contributed by atoms with Crippen molar-refractivity contribution in [3.63, 3.8) is 0 Å². The van der Waals surface area contributed by atoms with Gasteiger partial charge in [0.15, 0.2) is 0 Å². The highest BCUT2D eigenvalue weighted by Crippen LogP contribution is 2.21. The quantitative estimate of drug-likeness (QED) is 0.750. The number of ether oxygens (including phenoxy) is 2. The molecule has 0 amide bonds. The van der Waals surface area contributed by atoms with E-state index in [1.807, 2.05) is 11.4 Å². The lowest BCUT2D eigenvalue weighted by Gasteiger charge is -2.07. The van der Waals surface area contributed by atoms with Crippen LogP contribution in [-0.2, 0) is 25.6 Å². The average molecular weight is 324 g/mol. The van der Waals surface area contributed by atoms with Gasteiger partial charge >= 0.3 is 17.7 Å². The van der Waals surface area contributed by atoms with Gasteiger partial charge in [-0.2, -0.15) is 4.68 Å². The number of nitrogens with zero attached hydrogens (tertiary/aromatic N) is 2. The van der Waals surface area contributed by atoms with Crippen molar-refractivity contribution in [2.24, 2.45) is 0 Å². The van der Waals surface area contributed by atoms with Gasteiger partial charge in [0.2, 0.25) is 6.10 Å². The molecule has 1 aliphatic heterocycles. The van der Waals surface area contributed by atoms with Crippen molar-refractivity contribution < 1.29 is 23.5 Å². The SMILES string of the molecule is O=C(CCn1nc(-c2cccs2)oc1=O)O[C@@H]1CCOC1=O. The Kier molecular flexibility index (Phi) is 4.05. The van der Waals surface area contributed by atoms with E-state index >= 15 is 0 Å². The molecular weight excluding hydrogens is 312 g/mol. The highest BCUT2D eigenvalue weighted by Gasteiger charge is 2.30. The van der Waals surface area contributed by atoms with Crippen molar-refractivity contribution in [1.29, 1.82) is 0 Å². The predicted octanol–water partition coefficient (Wildman–Crippen LogP) is 0.814. The smallest absolute Gasteiger partial charge is 0.437 e. The van der Waals surface area contributed by atoms with Gasteiger partial charge in [-0.3, -0.25) is 4.79 Å². The molecule has 1 atom stereocenters. The van der Waals surface area contributed by atoms with Gasteiger partial charge in [-0.15, -0.1) is 16.4 Å². The molecule has 0 aliphatic carbocycles. The largest absolute Gasteiger partial charge is 0.463 e. The Morgan fingerprint density at radius 2 is 2.36 bits per heavy atom. The fraction of sp³-hybridized carbons (Fsp3) is 0.385. The Morgan fingerprint density at radius 3 is 3.05 bits per heavy atom. The summed E-state index contributed by atoms with van der Waals surface area (Å²) in [4.78, 5) is 35.2. The number of hydrogen-bond donors (Lipinski definition) is 0. The Bertz CT molecular complexity index is 732. The molecule has 2 aromatic rings. The first-order valence-corrected chi connectivity index (χ1v) is 7.49. The number of carbonyl (C=O) groups is 2. The third-order valence-corrected chi connectivity index (χ3v) is 3.88. The molecule has 22 heavy (non-hydrogen) atoms. The summed E-state index contributed by atoms with van der Waals surface area (Å²) in [6.07, 6.45) is -0.569. The van der Waals surface area contributed by atoms with Crippen molar-refractivity contribution in [3.8, 4) is 10.8 Å². The lowest BCUT2D eigenvalue weighted by molar-refractivity contribution is -0.160. The molecule has 9 heteroatoms. The number of aryl methyl sites for hydroxylation is 1. The topological polar surface area (TPSA) is 101 Å². The molecule has 0 bridgehead atoms. The van der Waals surface area contributed by atoms with Crippen LogP contribution in [0.2, 0.25) is 0 Å². The molecule has 0 spiro atoms. The molecule has 1 aliphatic rings. The van der Waals surface area contributed by atoms with Gasteiger partial charge in [0, 0.05) is 6.42 Å². The van der Waals surface area contributed by atoms with Crippen molar-refractivity contribution in [1.82, 2.24) is 9.78 Å². The number of aromatic nitrogens is 2. The maximum Gasteiger partial charge on any atom is 0.437 e. The van der Waals surface area contributed by atoms with Gasteiger partial charge in [-0.25, -0.2) is 9.59 Å². The Hall–Kier alpha value is -2.42. The van der Waals surface area contributed by atoms with E-state index in [2.05, 4.69) is 5.10 Å². The summed E-state index contributed by atoms with van der Waals surface area (Å²) in [7, 11) is 0. The van der Waals surface area contributed by atoms with Gasteiger partial charge in [0.25, 0.3) is 5.89 Å². The van der Waals surface area contributed by atoms with E-state index < -0.39 is 23.8 Å². The van der Waals surface area contributed by atoms with E-state index in [0.717, 1.165) is 9.56 Å². The second kappa shape index (κ2) is 6.14. The van der Waals surface area contributed by atoms with E-state index in [-0.39, 0.29) is 25.5 Å². The maximum absolute atomic E-state index is 11.7. The van der Waals surface area contributed by atoms with E-state index in [1.54, 1.807) is 6.07 Å². The summed E-state index contributed by atoms with van der Waals surface area (Å²) in [5.41, 5.74) is 0. The molecule has 0 radical (unpaired) electrons. The van der Waals surface area contributed by atoms with Crippen LogP contribution in [0, 0.1) is 0 Å². The lowest BCUT2D eigenvalue weighted by atomic mass is 10.3. The van der Waals surface area contributed by atoms with E-state index in [1.165, 1.54) is 11.3 Å². The maximum atomic E-state index is 11.7. The molecule has 3 rings (SSSR count). The monoisotopic (exact) mass is 324 g/mol. The van der Waals surface area contributed by atoms with Crippen molar-refractivity contribution in [2.45, 2.75) is 25.5 Å². The average Bonchev–Trinajstić information content (AvgIpc) is 3.20.